The number of benzene rings is 2. The van der Waals surface area contributed by atoms with Crippen molar-refractivity contribution in [3.63, 3.8) is 0 Å². The van der Waals surface area contributed by atoms with Gasteiger partial charge in [-0.15, -0.1) is 0 Å². The Morgan fingerprint density at radius 2 is 1.80 bits per heavy atom. The fraction of sp³-hybridized carbons (Fsp3) is 0.0625. The Balaban J connectivity index is 1.88. The van der Waals surface area contributed by atoms with Gasteiger partial charge < -0.3 is 15.4 Å². The Morgan fingerprint density at radius 3 is 2.55 bits per heavy atom. The minimum absolute atomic E-state index is 0.185. The van der Waals surface area contributed by atoms with Gasteiger partial charge in [-0.05, 0) is 18.2 Å². The van der Waals surface area contributed by atoms with Gasteiger partial charge in [-0.3, -0.25) is 0 Å². The van der Waals surface area contributed by atoms with Gasteiger partial charge in [-0.1, -0.05) is 48.2 Å². The molecular formula is C16H14N2OS. The molecule has 20 heavy (non-hydrogen) atoms. The first kappa shape index (κ1) is 12.8. The second-order valence-electron chi connectivity index (χ2n) is 4.39. The SMILES string of the molecule is O=CC1NC=C(c2ccccc2Nc2ccccc2)S1. The van der Waals surface area contributed by atoms with Gasteiger partial charge in [0.15, 0.2) is 6.29 Å². The van der Waals surface area contributed by atoms with Crippen molar-refractivity contribution in [3.05, 3.63) is 66.4 Å². The Kier molecular flexibility index (Phi) is 3.74. The smallest absolute Gasteiger partial charge is 0.152 e. The first-order valence-electron chi connectivity index (χ1n) is 6.36. The van der Waals surface area contributed by atoms with Crippen molar-refractivity contribution < 1.29 is 4.79 Å². The fourth-order valence-corrected chi connectivity index (χ4v) is 2.96. The molecule has 0 saturated carbocycles. The molecule has 0 spiro atoms. The summed E-state index contributed by atoms with van der Waals surface area (Å²) in [5, 5.41) is 6.28. The number of carbonyl (C=O) groups is 1. The molecule has 0 amide bonds. The van der Waals surface area contributed by atoms with E-state index in [1.807, 2.05) is 54.7 Å². The molecule has 0 aromatic heterocycles. The number of anilines is 2. The molecule has 0 fully saturated rings. The molecule has 0 aliphatic carbocycles. The summed E-state index contributed by atoms with van der Waals surface area (Å²) in [7, 11) is 0. The third kappa shape index (κ3) is 2.70. The van der Waals surface area contributed by atoms with Crippen LogP contribution in [0.5, 0.6) is 0 Å². The van der Waals surface area contributed by atoms with E-state index in [1.54, 1.807) is 0 Å². The zero-order valence-electron chi connectivity index (χ0n) is 10.7. The van der Waals surface area contributed by atoms with Crippen LogP contribution in [0.15, 0.2) is 60.8 Å². The molecule has 4 heteroatoms. The summed E-state index contributed by atoms with van der Waals surface area (Å²) in [5.41, 5.74) is 3.17. The van der Waals surface area contributed by atoms with E-state index in [2.05, 4.69) is 16.7 Å². The Bertz CT molecular complexity index is 640. The number of rotatable bonds is 4. The van der Waals surface area contributed by atoms with Gasteiger partial charge in [0.1, 0.15) is 5.37 Å². The monoisotopic (exact) mass is 282 g/mol. The van der Waals surface area contributed by atoms with E-state index in [4.69, 9.17) is 0 Å². The van der Waals surface area contributed by atoms with Crippen LogP contribution in [0.3, 0.4) is 0 Å². The molecule has 2 aromatic carbocycles. The van der Waals surface area contributed by atoms with Gasteiger partial charge in [0.2, 0.25) is 0 Å². The lowest BCUT2D eigenvalue weighted by molar-refractivity contribution is -0.107. The molecule has 100 valence electrons. The molecule has 1 aliphatic rings. The van der Waals surface area contributed by atoms with Crippen molar-refractivity contribution >= 4 is 34.3 Å². The van der Waals surface area contributed by atoms with Gasteiger partial charge in [-0.2, -0.15) is 0 Å². The van der Waals surface area contributed by atoms with E-state index < -0.39 is 0 Å². The lowest BCUT2D eigenvalue weighted by Crippen LogP contribution is -2.16. The minimum atomic E-state index is -0.185. The van der Waals surface area contributed by atoms with Crippen molar-refractivity contribution in [2.75, 3.05) is 5.32 Å². The molecule has 1 unspecified atom stereocenters. The fourth-order valence-electron chi connectivity index (χ4n) is 2.05. The van der Waals surface area contributed by atoms with Crippen LogP contribution in [0, 0.1) is 0 Å². The van der Waals surface area contributed by atoms with Crippen LogP contribution in [0.2, 0.25) is 0 Å². The van der Waals surface area contributed by atoms with E-state index in [0.717, 1.165) is 28.1 Å². The molecule has 0 radical (unpaired) electrons. The maximum absolute atomic E-state index is 10.8. The Hall–Kier alpha value is -2.20. The number of hydrogen-bond donors (Lipinski definition) is 2. The van der Waals surface area contributed by atoms with Gasteiger partial charge in [-0.25, -0.2) is 0 Å². The summed E-state index contributed by atoms with van der Waals surface area (Å²) < 4.78 is 0. The van der Waals surface area contributed by atoms with Crippen LogP contribution in [0.25, 0.3) is 4.91 Å². The molecule has 0 bridgehead atoms. The molecule has 1 heterocycles. The van der Waals surface area contributed by atoms with Crippen LogP contribution in [-0.4, -0.2) is 11.7 Å². The molecule has 1 atom stereocenters. The third-order valence-corrected chi connectivity index (χ3v) is 4.09. The van der Waals surface area contributed by atoms with E-state index in [1.165, 1.54) is 11.8 Å². The highest BCUT2D eigenvalue weighted by atomic mass is 32.2. The highest BCUT2D eigenvalue weighted by molar-refractivity contribution is 8.09. The summed E-state index contributed by atoms with van der Waals surface area (Å²) >= 11 is 1.53. The average Bonchev–Trinajstić information content (AvgIpc) is 2.98. The third-order valence-electron chi connectivity index (χ3n) is 3.00. The summed E-state index contributed by atoms with van der Waals surface area (Å²) in [6.07, 6.45) is 2.82. The second-order valence-corrected chi connectivity index (χ2v) is 5.57. The van der Waals surface area contributed by atoms with Crippen LogP contribution in [-0.2, 0) is 4.79 Å². The zero-order valence-corrected chi connectivity index (χ0v) is 11.6. The summed E-state index contributed by atoms with van der Waals surface area (Å²) in [4.78, 5) is 11.9. The van der Waals surface area contributed by atoms with Crippen molar-refractivity contribution in [2.24, 2.45) is 0 Å². The van der Waals surface area contributed by atoms with Crippen molar-refractivity contribution in [3.8, 4) is 0 Å². The van der Waals surface area contributed by atoms with Gasteiger partial charge in [0.25, 0.3) is 0 Å². The first-order chi connectivity index (χ1) is 9.86. The van der Waals surface area contributed by atoms with Crippen molar-refractivity contribution in [2.45, 2.75) is 5.37 Å². The van der Waals surface area contributed by atoms with Gasteiger partial charge in [0, 0.05) is 28.0 Å². The number of para-hydroxylation sites is 2. The Morgan fingerprint density at radius 1 is 1.05 bits per heavy atom. The average molecular weight is 282 g/mol. The molecule has 3 nitrogen and oxygen atoms in total. The van der Waals surface area contributed by atoms with E-state index in [-0.39, 0.29) is 5.37 Å². The lowest BCUT2D eigenvalue weighted by Gasteiger charge is -2.12. The molecule has 2 aromatic rings. The number of hydrogen-bond acceptors (Lipinski definition) is 4. The number of nitrogens with one attached hydrogen (secondary N) is 2. The van der Waals surface area contributed by atoms with Gasteiger partial charge in [0.05, 0.1) is 0 Å². The predicted octanol–water partition coefficient (Wildman–Crippen LogP) is 3.59. The predicted molar refractivity (Wildman–Crippen MR) is 84.7 cm³/mol. The number of aldehydes is 1. The maximum Gasteiger partial charge on any atom is 0.152 e. The summed E-state index contributed by atoms with van der Waals surface area (Å²) in [5.74, 6) is 0. The van der Waals surface area contributed by atoms with Crippen LogP contribution in [0.1, 0.15) is 5.56 Å². The van der Waals surface area contributed by atoms with Crippen LogP contribution in [0.4, 0.5) is 11.4 Å². The van der Waals surface area contributed by atoms with Crippen molar-refractivity contribution in [1.29, 1.82) is 0 Å². The van der Waals surface area contributed by atoms with Crippen molar-refractivity contribution in [1.82, 2.24) is 5.32 Å². The van der Waals surface area contributed by atoms with Gasteiger partial charge >= 0.3 is 0 Å². The van der Waals surface area contributed by atoms with E-state index >= 15 is 0 Å². The summed E-state index contributed by atoms with van der Waals surface area (Å²) in [6.45, 7) is 0. The minimum Gasteiger partial charge on any atom is -0.372 e. The number of thioether (sulfide) groups is 1. The normalized spacial score (nSPS) is 17.2. The lowest BCUT2D eigenvalue weighted by atomic mass is 10.1. The summed E-state index contributed by atoms with van der Waals surface area (Å²) in [6, 6.07) is 18.1. The molecule has 1 aliphatic heterocycles. The zero-order chi connectivity index (χ0) is 13.8. The highest BCUT2D eigenvalue weighted by Gasteiger charge is 2.19. The molecule has 3 rings (SSSR count). The highest BCUT2D eigenvalue weighted by Crippen LogP contribution is 2.37. The standard InChI is InChI=1S/C16H14N2OS/c19-11-16-17-10-15(20-16)13-8-4-5-9-14(13)18-12-6-2-1-3-7-12/h1-11,16-18H. The quantitative estimate of drug-likeness (QED) is 0.841. The maximum atomic E-state index is 10.8. The van der Waals surface area contributed by atoms with E-state index in [0.29, 0.717) is 0 Å². The second kappa shape index (κ2) is 5.84. The van der Waals surface area contributed by atoms with Crippen LogP contribution >= 0.6 is 11.8 Å². The first-order valence-corrected chi connectivity index (χ1v) is 7.24. The largest absolute Gasteiger partial charge is 0.372 e. The molecule has 2 N–H and O–H groups in total. The topological polar surface area (TPSA) is 41.1 Å². The molecule has 0 saturated heterocycles. The molecular weight excluding hydrogens is 268 g/mol. The Labute approximate surface area is 122 Å². The number of carbonyl (C=O) groups excluding carboxylic acids is 1. The van der Waals surface area contributed by atoms with E-state index in [9.17, 15) is 4.79 Å². The van der Waals surface area contributed by atoms with Crippen LogP contribution < -0.4 is 10.6 Å².